The fraction of sp³-hybridized carbons (Fsp3) is 0.889. The van der Waals surface area contributed by atoms with Gasteiger partial charge >= 0.3 is 5.97 Å². The number of carbonyl (C=O) groups excluding carboxylic acids is 1. The molecular formula is C9H18O3. The van der Waals surface area contributed by atoms with Crippen molar-refractivity contribution in [3.63, 3.8) is 0 Å². The summed E-state index contributed by atoms with van der Waals surface area (Å²) in [6.07, 6.45) is 1.54. The minimum Gasteiger partial charge on any atom is -0.462 e. The summed E-state index contributed by atoms with van der Waals surface area (Å²) >= 11 is 0. The molecule has 0 heterocycles. The van der Waals surface area contributed by atoms with Crippen molar-refractivity contribution in [1.82, 2.24) is 0 Å². The predicted molar refractivity (Wildman–Crippen MR) is 46.8 cm³/mol. The molecule has 0 rings (SSSR count). The van der Waals surface area contributed by atoms with Crippen LogP contribution in [0, 0.1) is 0 Å². The molecule has 0 aromatic rings. The highest BCUT2D eigenvalue weighted by Crippen LogP contribution is 2.09. The third-order valence-corrected chi connectivity index (χ3v) is 1.79. The van der Waals surface area contributed by atoms with Crippen molar-refractivity contribution >= 4 is 5.97 Å². The van der Waals surface area contributed by atoms with Crippen LogP contribution in [0.5, 0.6) is 0 Å². The minimum absolute atomic E-state index is 0.127. The standard InChI is InChI=1S/C9H18O3/c1-4-8(11)6-9(5-2)12-7(3)10/h8-9,11H,4-6H2,1-3H3. The molecule has 12 heavy (non-hydrogen) atoms. The lowest BCUT2D eigenvalue weighted by atomic mass is 10.1. The van der Waals surface area contributed by atoms with Gasteiger partial charge in [0, 0.05) is 13.3 Å². The molecule has 3 nitrogen and oxygen atoms in total. The second-order valence-corrected chi connectivity index (χ2v) is 2.94. The number of carbonyl (C=O) groups is 1. The topological polar surface area (TPSA) is 46.5 Å². The van der Waals surface area contributed by atoms with E-state index in [0.29, 0.717) is 12.8 Å². The van der Waals surface area contributed by atoms with Crippen LogP contribution in [0.1, 0.15) is 40.0 Å². The molecule has 2 unspecified atom stereocenters. The third-order valence-electron chi connectivity index (χ3n) is 1.79. The molecule has 0 saturated heterocycles. The second-order valence-electron chi connectivity index (χ2n) is 2.94. The molecule has 0 fully saturated rings. The van der Waals surface area contributed by atoms with Crippen LogP contribution in [0.3, 0.4) is 0 Å². The molecule has 2 atom stereocenters. The van der Waals surface area contributed by atoms with E-state index in [9.17, 15) is 9.90 Å². The van der Waals surface area contributed by atoms with Gasteiger partial charge in [0.2, 0.25) is 0 Å². The van der Waals surface area contributed by atoms with Gasteiger partial charge in [0.1, 0.15) is 6.10 Å². The Hall–Kier alpha value is -0.570. The zero-order valence-corrected chi connectivity index (χ0v) is 8.04. The van der Waals surface area contributed by atoms with Crippen LogP contribution < -0.4 is 0 Å². The summed E-state index contributed by atoms with van der Waals surface area (Å²) in [6, 6.07) is 0. The molecule has 0 saturated carbocycles. The van der Waals surface area contributed by atoms with E-state index in [4.69, 9.17) is 4.74 Å². The zero-order chi connectivity index (χ0) is 9.56. The Morgan fingerprint density at radius 3 is 2.33 bits per heavy atom. The van der Waals surface area contributed by atoms with Crippen LogP contribution in [-0.2, 0) is 9.53 Å². The summed E-state index contributed by atoms with van der Waals surface area (Å²) in [5.41, 5.74) is 0. The average Bonchev–Trinajstić information content (AvgIpc) is 2.02. The highest BCUT2D eigenvalue weighted by molar-refractivity contribution is 5.66. The Labute approximate surface area is 73.7 Å². The van der Waals surface area contributed by atoms with Gasteiger partial charge in [-0.2, -0.15) is 0 Å². The number of hydrogen-bond donors (Lipinski definition) is 1. The minimum atomic E-state index is -0.353. The van der Waals surface area contributed by atoms with Crippen LogP contribution >= 0.6 is 0 Å². The Morgan fingerprint density at radius 1 is 1.42 bits per heavy atom. The summed E-state index contributed by atoms with van der Waals surface area (Å²) < 4.78 is 4.97. The predicted octanol–water partition coefficient (Wildman–Crippen LogP) is 1.49. The third kappa shape index (κ3) is 5.13. The molecule has 0 bridgehead atoms. The van der Waals surface area contributed by atoms with E-state index in [2.05, 4.69) is 0 Å². The maximum Gasteiger partial charge on any atom is 0.302 e. The number of hydrogen-bond acceptors (Lipinski definition) is 3. The quantitative estimate of drug-likeness (QED) is 0.642. The van der Waals surface area contributed by atoms with Crippen LogP contribution in [-0.4, -0.2) is 23.3 Å². The summed E-state index contributed by atoms with van der Waals surface area (Å²) in [6.45, 7) is 5.24. The largest absolute Gasteiger partial charge is 0.462 e. The Balaban J connectivity index is 3.74. The molecule has 0 radical (unpaired) electrons. The smallest absolute Gasteiger partial charge is 0.302 e. The van der Waals surface area contributed by atoms with Gasteiger partial charge in [0.25, 0.3) is 0 Å². The van der Waals surface area contributed by atoms with E-state index in [-0.39, 0.29) is 18.2 Å². The average molecular weight is 174 g/mol. The van der Waals surface area contributed by atoms with Gasteiger partial charge in [0.15, 0.2) is 0 Å². The Bertz CT molecular complexity index is 134. The molecule has 0 spiro atoms. The molecule has 0 aliphatic carbocycles. The van der Waals surface area contributed by atoms with Crippen molar-refractivity contribution in [3.8, 4) is 0 Å². The van der Waals surface area contributed by atoms with Crippen LogP contribution in [0.2, 0.25) is 0 Å². The van der Waals surface area contributed by atoms with E-state index in [1.54, 1.807) is 0 Å². The maximum absolute atomic E-state index is 10.6. The first kappa shape index (κ1) is 11.4. The van der Waals surface area contributed by atoms with Crippen LogP contribution in [0.15, 0.2) is 0 Å². The van der Waals surface area contributed by atoms with Gasteiger partial charge in [-0.15, -0.1) is 0 Å². The van der Waals surface area contributed by atoms with Crippen molar-refractivity contribution in [2.75, 3.05) is 0 Å². The van der Waals surface area contributed by atoms with Crippen molar-refractivity contribution in [3.05, 3.63) is 0 Å². The molecule has 0 aliphatic rings. The van der Waals surface area contributed by atoms with Gasteiger partial charge in [-0.25, -0.2) is 0 Å². The molecule has 72 valence electrons. The monoisotopic (exact) mass is 174 g/mol. The molecule has 0 amide bonds. The normalized spacial score (nSPS) is 15.3. The second kappa shape index (κ2) is 6.00. The zero-order valence-electron chi connectivity index (χ0n) is 8.04. The molecule has 3 heteroatoms. The molecule has 0 aromatic heterocycles. The summed E-state index contributed by atoms with van der Waals surface area (Å²) in [7, 11) is 0. The lowest BCUT2D eigenvalue weighted by molar-refractivity contribution is -0.147. The number of aliphatic hydroxyl groups is 1. The first-order valence-electron chi connectivity index (χ1n) is 4.45. The number of rotatable bonds is 5. The van der Waals surface area contributed by atoms with E-state index >= 15 is 0 Å². The lowest BCUT2D eigenvalue weighted by Crippen LogP contribution is -2.21. The van der Waals surface area contributed by atoms with Gasteiger partial charge in [-0.1, -0.05) is 13.8 Å². The van der Waals surface area contributed by atoms with E-state index < -0.39 is 0 Å². The van der Waals surface area contributed by atoms with Crippen molar-refractivity contribution in [1.29, 1.82) is 0 Å². The summed E-state index contributed by atoms with van der Waals surface area (Å²) in [4.78, 5) is 10.6. The lowest BCUT2D eigenvalue weighted by Gasteiger charge is -2.17. The van der Waals surface area contributed by atoms with Crippen molar-refractivity contribution in [2.45, 2.75) is 52.2 Å². The van der Waals surface area contributed by atoms with Crippen molar-refractivity contribution in [2.24, 2.45) is 0 Å². The van der Waals surface area contributed by atoms with Crippen LogP contribution in [0.25, 0.3) is 0 Å². The molecular weight excluding hydrogens is 156 g/mol. The van der Waals surface area contributed by atoms with Gasteiger partial charge < -0.3 is 9.84 Å². The fourth-order valence-corrected chi connectivity index (χ4v) is 1.00. The van der Waals surface area contributed by atoms with E-state index in [1.165, 1.54) is 6.92 Å². The Kier molecular flexibility index (Phi) is 5.72. The molecule has 0 aromatic carbocycles. The number of aliphatic hydroxyl groups excluding tert-OH is 1. The van der Waals surface area contributed by atoms with Gasteiger partial charge in [-0.05, 0) is 12.8 Å². The molecule has 1 N–H and O–H groups in total. The first-order valence-corrected chi connectivity index (χ1v) is 4.45. The first-order chi connectivity index (χ1) is 5.60. The van der Waals surface area contributed by atoms with E-state index in [1.807, 2.05) is 13.8 Å². The fourth-order valence-electron chi connectivity index (χ4n) is 1.00. The highest BCUT2D eigenvalue weighted by Gasteiger charge is 2.13. The summed E-state index contributed by atoms with van der Waals surface area (Å²) in [5.74, 6) is -0.273. The number of esters is 1. The van der Waals surface area contributed by atoms with E-state index in [0.717, 1.165) is 6.42 Å². The number of ether oxygens (including phenoxy) is 1. The van der Waals surface area contributed by atoms with Crippen LogP contribution in [0.4, 0.5) is 0 Å². The highest BCUT2D eigenvalue weighted by atomic mass is 16.5. The summed E-state index contributed by atoms with van der Waals surface area (Å²) in [5, 5.41) is 9.28. The van der Waals surface area contributed by atoms with Crippen molar-refractivity contribution < 1.29 is 14.6 Å². The Morgan fingerprint density at radius 2 is 2.00 bits per heavy atom. The SMILES string of the molecule is CCC(O)CC(CC)OC(C)=O. The van der Waals surface area contributed by atoms with Gasteiger partial charge in [-0.3, -0.25) is 4.79 Å². The van der Waals surface area contributed by atoms with Gasteiger partial charge in [0.05, 0.1) is 6.10 Å². The maximum atomic E-state index is 10.6. The molecule has 0 aliphatic heterocycles.